The number of rotatable bonds is 4. The standard InChI is InChI=1S/C27H33N3O4/c1-27(2)17-20-15-19(25(31)30-10-4-7-23(30)26(32)33)8-9-22(20)28-24(27)18-5-3-6-21(16-18)29-11-13-34-14-12-29/h3,5-6,8-9,15-16,23-24,28H,4,7,10-14,17H2,1-2H3,(H,32,33)/t23-,24?/m1/s1. The lowest BCUT2D eigenvalue weighted by atomic mass is 9.72. The maximum atomic E-state index is 13.1. The van der Waals surface area contributed by atoms with Crippen molar-refractivity contribution in [2.45, 2.75) is 45.2 Å². The first-order chi connectivity index (χ1) is 16.3. The summed E-state index contributed by atoms with van der Waals surface area (Å²) in [4.78, 5) is 28.5. The molecule has 3 aliphatic heterocycles. The van der Waals surface area contributed by atoms with Gasteiger partial charge < -0.3 is 25.0 Å². The topological polar surface area (TPSA) is 82.1 Å². The van der Waals surface area contributed by atoms with Gasteiger partial charge >= 0.3 is 5.97 Å². The van der Waals surface area contributed by atoms with Gasteiger partial charge in [0.05, 0.1) is 19.3 Å². The van der Waals surface area contributed by atoms with Gasteiger partial charge in [0, 0.05) is 36.6 Å². The van der Waals surface area contributed by atoms with Crippen molar-refractivity contribution in [1.29, 1.82) is 0 Å². The van der Waals surface area contributed by atoms with E-state index >= 15 is 0 Å². The van der Waals surface area contributed by atoms with Crippen LogP contribution in [0.3, 0.4) is 0 Å². The molecule has 1 amide bonds. The average Bonchev–Trinajstić information content (AvgIpc) is 3.33. The number of carboxylic acid groups (broad SMARTS) is 1. The largest absolute Gasteiger partial charge is 0.480 e. The number of carbonyl (C=O) groups is 2. The second-order valence-corrected chi connectivity index (χ2v) is 10.3. The van der Waals surface area contributed by atoms with Gasteiger partial charge in [-0.15, -0.1) is 0 Å². The van der Waals surface area contributed by atoms with E-state index in [9.17, 15) is 14.7 Å². The molecule has 34 heavy (non-hydrogen) atoms. The van der Waals surface area contributed by atoms with E-state index < -0.39 is 12.0 Å². The van der Waals surface area contributed by atoms with Crippen molar-refractivity contribution in [3.63, 3.8) is 0 Å². The summed E-state index contributed by atoms with van der Waals surface area (Å²) in [5.74, 6) is -1.11. The lowest BCUT2D eigenvalue weighted by Crippen LogP contribution is -2.40. The molecule has 0 saturated carbocycles. The number of aliphatic carboxylic acids is 1. The number of morpholine rings is 1. The molecule has 3 heterocycles. The third kappa shape index (κ3) is 4.25. The van der Waals surface area contributed by atoms with Gasteiger partial charge in [0.2, 0.25) is 0 Å². The summed E-state index contributed by atoms with van der Waals surface area (Å²) in [6.07, 6.45) is 2.07. The van der Waals surface area contributed by atoms with Crippen LogP contribution in [0.1, 0.15) is 54.2 Å². The molecular weight excluding hydrogens is 430 g/mol. The summed E-state index contributed by atoms with van der Waals surface area (Å²) in [6, 6.07) is 13.9. The fourth-order valence-corrected chi connectivity index (χ4v) is 5.65. The molecule has 0 radical (unpaired) electrons. The molecule has 1 unspecified atom stereocenters. The van der Waals surface area contributed by atoms with Gasteiger partial charge in [-0.3, -0.25) is 4.79 Å². The number of carboxylic acids is 1. The highest BCUT2D eigenvalue weighted by molar-refractivity contribution is 5.97. The second kappa shape index (κ2) is 8.95. The first-order valence-corrected chi connectivity index (χ1v) is 12.2. The molecule has 2 N–H and O–H groups in total. The molecule has 2 fully saturated rings. The van der Waals surface area contributed by atoms with E-state index in [2.05, 4.69) is 48.3 Å². The van der Waals surface area contributed by atoms with Crippen LogP contribution in [0.5, 0.6) is 0 Å². The Balaban J connectivity index is 1.39. The van der Waals surface area contributed by atoms with Gasteiger partial charge in [0.25, 0.3) is 5.91 Å². The summed E-state index contributed by atoms with van der Waals surface area (Å²) < 4.78 is 5.51. The maximum Gasteiger partial charge on any atom is 0.326 e. The summed E-state index contributed by atoms with van der Waals surface area (Å²) in [6.45, 7) is 8.34. The zero-order valence-corrected chi connectivity index (χ0v) is 19.9. The molecule has 7 nitrogen and oxygen atoms in total. The minimum absolute atomic E-state index is 0.0739. The number of hydrogen-bond acceptors (Lipinski definition) is 5. The zero-order chi connectivity index (χ0) is 23.9. The van der Waals surface area contributed by atoms with E-state index in [1.165, 1.54) is 16.2 Å². The number of fused-ring (bicyclic) bond motifs is 1. The van der Waals surface area contributed by atoms with Crippen molar-refractivity contribution in [3.05, 3.63) is 59.2 Å². The Hall–Kier alpha value is -3.06. The van der Waals surface area contributed by atoms with E-state index in [0.717, 1.165) is 50.4 Å². The van der Waals surface area contributed by atoms with Gasteiger partial charge in [0.1, 0.15) is 6.04 Å². The number of amides is 1. The van der Waals surface area contributed by atoms with Crippen molar-refractivity contribution < 1.29 is 19.4 Å². The smallest absolute Gasteiger partial charge is 0.326 e. The number of hydrogen-bond donors (Lipinski definition) is 2. The monoisotopic (exact) mass is 463 g/mol. The predicted octanol–water partition coefficient (Wildman–Crippen LogP) is 3.95. The van der Waals surface area contributed by atoms with Crippen molar-refractivity contribution in [3.8, 4) is 0 Å². The average molecular weight is 464 g/mol. The quantitative estimate of drug-likeness (QED) is 0.715. The van der Waals surface area contributed by atoms with Gasteiger partial charge in [-0.05, 0) is 66.1 Å². The zero-order valence-electron chi connectivity index (χ0n) is 19.9. The Morgan fingerprint density at radius 3 is 2.65 bits per heavy atom. The molecule has 0 aliphatic carbocycles. The number of carbonyl (C=O) groups excluding carboxylic acids is 1. The van der Waals surface area contributed by atoms with Crippen molar-refractivity contribution >= 4 is 23.3 Å². The molecule has 0 bridgehead atoms. The number of ether oxygens (including phenoxy) is 1. The Morgan fingerprint density at radius 2 is 1.88 bits per heavy atom. The van der Waals surface area contributed by atoms with Gasteiger partial charge in [-0.2, -0.15) is 0 Å². The summed E-state index contributed by atoms with van der Waals surface area (Å²) in [7, 11) is 0. The summed E-state index contributed by atoms with van der Waals surface area (Å²) in [5, 5.41) is 13.2. The number of benzene rings is 2. The van der Waals surface area contributed by atoms with E-state index in [-0.39, 0.29) is 17.4 Å². The Bertz CT molecular complexity index is 1090. The number of nitrogens with zero attached hydrogens (tertiary/aromatic N) is 2. The Labute approximate surface area is 200 Å². The SMILES string of the molecule is CC1(C)Cc2cc(C(=O)N3CCC[C@@H]3C(=O)O)ccc2NC1c1cccc(N2CCOCC2)c1. The van der Waals surface area contributed by atoms with Crippen LogP contribution in [0.25, 0.3) is 0 Å². The lowest BCUT2D eigenvalue weighted by Gasteiger charge is -2.42. The predicted molar refractivity (Wildman–Crippen MR) is 131 cm³/mol. The first-order valence-electron chi connectivity index (χ1n) is 12.2. The molecule has 0 spiro atoms. The van der Waals surface area contributed by atoms with Crippen LogP contribution < -0.4 is 10.2 Å². The minimum Gasteiger partial charge on any atom is -0.480 e. The van der Waals surface area contributed by atoms with Gasteiger partial charge in [-0.1, -0.05) is 26.0 Å². The molecular formula is C27H33N3O4. The molecule has 2 atom stereocenters. The Morgan fingerprint density at radius 1 is 1.09 bits per heavy atom. The third-order valence-electron chi connectivity index (χ3n) is 7.46. The van der Waals surface area contributed by atoms with Crippen LogP contribution in [0, 0.1) is 5.41 Å². The minimum atomic E-state index is -0.922. The van der Waals surface area contributed by atoms with E-state index in [1.54, 1.807) is 0 Å². The summed E-state index contributed by atoms with van der Waals surface area (Å²) in [5.41, 5.74) is 5.11. The fourth-order valence-electron chi connectivity index (χ4n) is 5.65. The molecule has 3 aliphatic rings. The second-order valence-electron chi connectivity index (χ2n) is 10.3. The van der Waals surface area contributed by atoms with Crippen molar-refractivity contribution in [1.82, 2.24) is 4.90 Å². The number of likely N-dealkylation sites (tertiary alicyclic amines) is 1. The van der Waals surface area contributed by atoms with Crippen molar-refractivity contribution in [2.24, 2.45) is 5.41 Å². The Kier molecular flexibility index (Phi) is 5.98. The third-order valence-corrected chi connectivity index (χ3v) is 7.46. The van der Waals surface area contributed by atoms with Crippen molar-refractivity contribution in [2.75, 3.05) is 43.1 Å². The van der Waals surface area contributed by atoms with Gasteiger partial charge in [-0.25, -0.2) is 4.79 Å². The van der Waals surface area contributed by atoms with Gasteiger partial charge in [0.15, 0.2) is 0 Å². The maximum absolute atomic E-state index is 13.1. The molecule has 180 valence electrons. The van der Waals surface area contributed by atoms with E-state index in [0.29, 0.717) is 18.5 Å². The fraction of sp³-hybridized carbons (Fsp3) is 0.481. The van der Waals surface area contributed by atoms with E-state index in [4.69, 9.17) is 4.74 Å². The normalized spacial score (nSPS) is 23.8. The highest BCUT2D eigenvalue weighted by Crippen LogP contribution is 2.45. The number of nitrogens with one attached hydrogen (secondary N) is 1. The van der Waals surface area contributed by atoms with Crippen LogP contribution in [0.15, 0.2) is 42.5 Å². The molecule has 2 saturated heterocycles. The highest BCUT2D eigenvalue weighted by Gasteiger charge is 2.38. The molecule has 2 aromatic carbocycles. The number of anilines is 2. The summed E-state index contributed by atoms with van der Waals surface area (Å²) >= 11 is 0. The van der Waals surface area contributed by atoms with Crippen LogP contribution in [0.2, 0.25) is 0 Å². The van der Waals surface area contributed by atoms with Crippen LogP contribution in [0.4, 0.5) is 11.4 Å². The molecule has 7 heteroatoms. The van der Waals surface area contributed by atoms with E-state index in [1.807, 2.05) is 18.2 Å². The first kappa shape index (κ1) is 22.7. The molecule has 5 rings (SSSR count). The lowest BCUT2D eigenvalue weighted by molar-refractivity contribution is -0.141. The molecule has 2 aromatic rings. The van der Waals surface area contributed by atoms with Crippen LogP contribution >= 0.6 is 0 Å². The van der Waals surface area contributed by atoms with Crippen LogP contribution in [-0.2, 0) is 16.0 Å². The molecule has 0 aromatic heterocycles. The highest BCUT2D eigenvalue weighted by atomic mass is 16.5. The van der Waals surface area contributed by atoms with Crippen LogP contribution in [-0.4, -0.2) is 60.8 Å².